The Morgan fingerprint density at radius 3 is 2.19 bits per heavy atom. The van der Waals surface area contributed by atoms with Crippen molar-refractivity contribution in [2.45, 2.75) is 90.6 Å². The lowest BCUT2D eigenvalue weighted by Crippen LogP contribution is -2.52. The molecule has 0 unspecified atom stereocenters. The van der Waals surface area contributed by atoms with Gasteiger partial charge in [-0.2, -0.15) is 0 Å². The summed E-state index contributed by atoms with van der Waals surface area (Å²) < 4.78 is 21.4. The topological polar surface area (TPSA) is 105 Å². The Hall–Kier alpha value is -2.12. The van der Waals surface area contributed by atoms with Gasteiger partial charge in [0.1, 0.15) is 12.2 Å². The highest BCUT2D eigenvalue weighted by Crippen LogP contribution is 2.27. The Morgan fingerprint density at radius 2 is 1.69 bits per heavy atom. The fraction of sp³-hybridized carbons (Fsp3) is 0.778. The van der Waals surface area contributed by atoms with Crippen LogP contribution in [0.25, 0.3) is 0 Å². The van der Waals surface area contributed by atoms with Crippen LogP contribution in [-0.2, 0) is 38.1 Å². The number of hydrogen-bond acceptors (Lipinski definition) is 8. The molecule has 1 aliphatic rings. The van der Waals surface area contributed by atoms with Crippen LogP contribution >= 0.6 is 0 Å². The van der Waals surface area contributed by atoms with Crippen molar-refractivity contribution in [2.75, 3.05) is 0 Å². The monoisotopic (exact) mass is 372 g/mol. The van der Waals surface area contributed by atoms with Gasteiger partial charge in [0.25, 0.3) is 0 Å². The Kier molecular flexibility index (Phi) is 9.09. The van der Waals surface area contributed by atoms with E-state index in [2.05, 4.69) is 0 Å². The third kappa shape index (κ3) is 7.41. The first-order valence-electron chi connectivity index (χ1n) is 8.95. The van der Waals surface area contributed by atoms with E-state index >= 15 is 0 Å². The Morgan fingerprint density at radius 1 is 1.08 bits per heavy atom. The second-order valence-electron chi connectivity index (χ2n) is 6.36. The molecule has 1 saturated heterocycles. The van der Waals surface area contributed by atoms with Crippen LogP contribution in [0.1, 0.15) is 66.2 Å². The zero-order chi connectivity index (χ0) is 19.7. The van der Waals surface area contributed by atoms with Gasteiger partial charge in [-0.15, -0.1) is 0 Å². The molecule has 0 bridgehead atoms. The smallest absolute Gasteiger partial charge is 0.306 e. The number of carbonyl (C=O) groups excluding carboxylic acids is 4. The van der Waals surface area contributed by atoms with E-state index in [0.717, 1.165) is 6.42 Å². The van der Waals surface area contributed by atoms with Crippen LogP contribution in [0, 0.1) is 0 Å². The summed E-state index contributed by atoms with van der Waals surface area (Å²) in [7, 11) is 0. The number of cyclic esters (lactones) is 1. The summed E-state index contributed by atoms with van der Waals surface area (Å²) >= 11 is 0. The van der Waals surface area contributed by atoms with E-state index in [9.17, 15) is 19.2 Å². The SMILES string of the molecule is CCCC[C@H](OC(C)=O)[C@@H](OC(C)=O)[C@H](OC(C)=O)[C@H]1CCCC(=O)O1. The quantitative estimate of drug-likeness (QED) is 0.447. The first-order chi connectivity index (χ1) is 12.2. The standard InChI is InChI=1S/C18H28O8/c1-5-6-8-14(23-11(2)19)17(24-12(3)20)18(25-13(4)21)15-9-7-10-16(22)26-15/h14-15,17-18H,5-10H2,1-4H3/t14-,15+,17+,18+/m0/s1. The number of rotatable bonds is 9. The summed E-state index contributed by atoms with van der Waals surface area (Å²) in [6.45, 7) is 5.66. The molecule has 0 aromatic heterocycles. The van der Waals surface area contributed by atoms with Crippen molar-refractivity contribution in [1.82, 2.24) is 0 Å². The van der Waals surface area contributed by atoms with Crippen molar-refractivity contribution in [1.29, 1.82) is 0 Å². The maximum atomic E-state index is 11.7. The molecular weight excluding hydrogens is 344 g/mol. The fourth-order valence-electron chi connectivity index (χ4n) is 2.97. The van der Waals surface area contributed by atoms with E-state index in [1.165, 1.54) is 20.8 Å². The van der Waals surface area contributed by atoms with Crippen molar-refractivity contribution in [3.63, 3.8) is 0 Å². The summed E-state index contributed by atoms with van der Waals surface area (Å²) in [4.78, 5) is 46.5. The normalized spacial score (nSPS) is 20.3. The summed E-state index contributed by atoms with van der Waals surface area (Å²) in [6.07, 6.45) is -0.371. The molecule has 0 radical (unpaired) electrons. The Labute approximate surface area is 153 Å². The summed E-state index contributed by atoms with van der Waals surface area (Å²) in [5.74, 6) is -2.16. The first kappa shape index (κ1) is 21.9. The molecule has 1 heterocycles. The molecule has 0 saturated carbocycles. The minimum atomic E-state index is -1.05. The van der Waals surface area contributed by atoms with E-state index in [4.69, 9.17) is 18.9 Å². The van der Waals surface area contributed by atoms with Crippen molar-refractivity contribution in [3.8, 4) is 0 Å². The molecule has 0 aromatic carbocycles. The molecular formula is C18H28O8. The van der Waals surface area contributed by atoms with Crippen molar-refractivity contribution in [2.24, 2.45) is 0 Å². The maximum Gasteiger partial charge on any atom is 0.306 e. The minimum absolute atomic E-state index is 0.282. The average Bonchev–Trinajstić information content (AvgIpc) is 2.54. The first-order valence-corrected chi connectivity index (χ1v) is 8.95. The predicted molar refractivity (Wildman–Crippen MR) is 89.9 cm³/mol. The van der Waals surface area contributed by atoms with Crippen molar-refractivity contribution >= 4 is 23.9 Å². The largest absolute Gasteiger partial charge is 0.458 e. The Balaban J connectivity index is 3.16. The maximum absolute atomic E-state index is 11.7. The van der Waals surface area contributed by atoms with E-state index < -0.39 is 48.3 Å². The highest BCUT2D eigenvalue weighted by Gasteiger charge is 2.43. The number of ether oxygens (including phenoxy) is 4. The third-order valence-corrected chi connectivity index (χ3v) is 3.97. The molecule has 1 fully saturated rings. The van der Waals surface area contributed by atoms with Crippen LogP contribution in [0.15, 0.2) is 0 Å². The van der Waals surface area contributed by atoms with Gasteiger partial charge in [0.05, 0.1) is 0 Å². The van der Waals surface area contributed by atoms with Gasteiger partial charge in [-0.05, 0) is 25.7 Å². The molecule has 0 amide bonds. The van der Waals surface area contributed by atoms with E-state index in [0.29, 0.717) is 25.7 Å². The lowest BCUT2D eigenvalue weighted by molar-refractivity contribution is -0.202. The lowest BCUT2D eigenvalue weighted by Gasteiger charge is -2.37. The van der Waals surface area contributed by atoms with Crippen molar-refractivity contribution < 1.29 is 38.1 Å². The van der Waals surface area contributed by atoms with Crippen LogP contribution in [0.3, 0.4) is 0 Å². The molecule has 0 spiro atoms. The molecule has 26 heavy (non-hydrogen) atoms. The molecule has 8 heteroatoms. The minimum Gasteiger partial charge on any atom is -0.458 e. The van der Waals surface area contributed by atoms with Crippen LogP contribution in [-0.4, -0.2) is 48.3 Å². The van der Waals surface area contributed by atoms with Crippen LogP contribution in [0.2, 0.25) is 0 Å². The molecule has 0 aromatic rings. The van der Waals surface area contributed by atoms with E-state index in [-0.39, 0.29) is 6.42 Å². The van der Waals surface area contributed by atoms with Crippen molar-refractivity contribution in [3.05, 3.63) is 0 Å². The molecule has 1 aliphatic heterocycles. The average molecular weight is 372 g/mol. The van der Waals surface area contributed by atoms with Gasteiger partial charge in [0, 0.05) is 27.2 Å². The number of unbranched alkanes of at least 4 members (excludes halogenated alkanes) is 1. The zero-order valence-electron chi connectivity index (χ0n) is 15.8. The molecule has 1 rings (SSSR count). The van der Waals surface area contributed by atoms with Crippen LogP contribution in [0.4, 0.5) is 0 Å². The predicted octanol–water partition coefficient (Wildman–Crippen LogP) is 2.07. The second kappa shape index (κ2) is 10.8. The molecule has 4 atom stereocenters. The highest BCUT2D eigenvalue weighted by molar-refractivity contribution is 5.71. The molecule has 0 aliphatic carbocycles. The summed E-state index contributed by atoms with van der Waals surface area (Å²) in [6, 6.07) is 0. The molecule has 0 N–H and O–H groups in total. The summed E-state index contributed by atoms with van der Waals surface area (Å²) in [5.41, 5.74) is 0. The Bertz CT molecular complexity index is 515. The van der Waals surface area contributed by atoms with Gasteiger partial charge in [-0.3, -0.25) is 19.2 Å². The number of esters is 4. The van der Waals surface area contributed by atoms with Gasteiger partial charge in [0.2, 0.25) is 0 Å². The molecule has 148 valence electrons. The lowest BCUT2D eigenvalue weighted by atomic mass is 9.94. The number of carbonyl (C=O) groups is 4. The fourth-order valence-corrected chi connectivity index (χ4v) is 2.97. The third-order valence-electron chi connectivity index (χ3n) is 3.97. The van der Waals surface area contributed by atoms with Gasteiger partial charge in [-0.25, -0.2) is 0 Å². The van der Waals surface area contributed by atoms with Gasteiger partial charge in [-0.1, -0.05) is 13.3 Å². The van der Waals surface area contributed by atoms with E-state index in [1.54, 1.807) is 0 Å². The van der Waals surface area contributed by atoms with Crippen LogP contribution < -0.4 is 0 Å². The van der Waals surface area contributed by atoms with Gasteiger partial charge >= 0.3 is 23.9 Å². The second-order valence-corrected chi connectivity index (χ2v) is 6.36. The van der Waals surface area contributed by atoms with Crippen LogP contribution in [0.5, 0.6) is 0 Å². The molecule has 8 nitrogen and oxygen atoms in total. The highest BCUT2D eigenvalue weighted by atomic mass is 16.6. The van der Waals surface area contributed by atoms with E-state index in [1.807, 2.05) is 6.92 Å². The van der Waals surface area contributed by atoms with Gasteiger partial charge < -0.3 is 18.9 Å². The van der Waals surface area contributed by atoms with Gasteiger partial charge in [0.15, 0.2) is 12.2 Å². The summed E-state index contributed by atoms with van der Waals surface area (Å²) in [5, 5.41) is 0. The number of hydrogen-bond donors (Lipinski definition) is 0. The zero-order valence-corrected chi connectivity index (χ0v) is 15.8.